The van der Waals surface area contributed by atoms with Gasteiger partial charge in [-0.05, 0) is 50.0 Å². The molecule has 0 spiro atoms. The summed E-state index contributed by atoms with van der Waals surface area (Å²) in [5.74, 6) is 2.39. The second kappa shape index (κ2) is 6.92. The molecule has 0 amide bonds. The number of nitrogens with zero attached hydrogens (tertiary/aromatic N) is 3. The summed E-state index contributed by atoms with van der Waals surface area (Å²) in [6.07, 6.45) is 4.17. The minimum Gasteiger partial charge on any atom is -0.497 e. The van der Waals surface area contributed by atoms with Crippen molar-refractivity contribution in [3.8, 4) is 5.75 Å². The van der Waals surface area contributed by atoms with Crippen molar-refractivity contribution in [2.75, 3.05) is 20.2 Å². The van der Waals surface area contributed by atoms with E-state index < -0.39 is 0 Å². The highest BCUT2D eigenvalue weighted by molar-refractivity contribution is 5.28. The maximum absolute atomic E-state index is 5.51. The predicted octanol–water partition coefficient (Wildman–Crippen LogP) is 3.22. The Morgan fingerprint density at radius 3 is 2.86 bits per heavy atom. The lowest BCUT2D eigenvalue weighted by atomic mass is 10.1. The second-order valence-electron chi connectivity index (χ2n) is 5.77. The van der Waals surface area contributed by atoms with Gasteiger partial charge in [-0.3, -0.25) is 4.90 Å². The van der Waals surface area contributed by atoms with Gasteiger partial charge < -0.3 is 9.26 Å². The molecule has 0 saturated carbocycles. The molecule has 3 rings (SSSR count). The largest absolute Gasteiger partial charge is 0.497 e. The summed E-state index contributed by atoms with van der Waals surface area (Å²) in [5, 5.41) is 4.15. The van der Waals surface area contributed by atoms with Crippen LogP contribution in [0.2, 0.25) is 0 Å². The van der Waals surface area contributed by atoms with Crippen molar-refractivity contribution < 1.29 is 9.26 Å². The Morgan fingerprint density at radius 1 is 1.32 bits per heavy atom. The Balaban J connectivity index is 1.67. The molecule has 5 heteroatoms. The molecule has 1 fully saturated rings. The molecule has 1 unspecified atom stereocenters. The molecule has 0 bridgehead atoms. The van der Waals surface area contributed by atoms with Crippen molar-refractivity contribution >= 4 is 0 Å². The average molecular weight is 301 g/mol. The van der Waals surface area contributed by atoms with Crippen molar-refractivity contribution in [2.45, 2.75) is 38.6 Å². The number of rotatable bonds is 6. The first kappa shape index (κ1) is 15.0. The highest BCUT2D eigenvalue weighted by Crippen LogP contribution is 2.30. The third kappa shape index (κ3) is 3.30. The molecule has 118 valence electrons. The molecule has 2 aromatic rings. The minimum absolute atomic E-state index is 0.303. The van der Waals surface area contributed by atoms with Gasteiger partial charge in [0.25, 0.3) is 0 Å². The minimum atomic E-state index is 0.303. The van der Waals surface area contributed by atoms with E-state index in [0.717, 1.165) is 49.0 Å². The zero-order valence-electron chi connectivity index (χ0n) is 13.3. The zero-order chi connectivity index (χ0) is 15.4. The fourth-order valence-corrected chi connectivity index (χ4v) is 3.06. The van der Waals surface area contributed by atoms with Crippen LogP contribution >= 0.6 is 0 Å². The third-order valence-electron chi connectivity index (χ3n) is 4.16. The van der Waals surface area contributed by atoms with E-state index in [1.54, 1.807) is 7.11 Å². The average Bonchev–Trinajstić information content (AvgIpc) is 3.17. The van der Waals surface area contributed by atoms with E-state index in [1.165, 1.54) is 6.42 Å². The smallest absolute Gasteiger partial charge is 0.244 e. The molecule has 1 saturated heterocycles. The number of likely N-dealkylation sites (tertiary alicyclic amines) is 1. The van der Waals surface area contributed by atoms with Gasteiger partial charge in [0, 0.05) is 6.42 Å². The lowest BCUT2D eigenvalue weighted by Crippen LogP contribution is -2.24. The first-order valence-corrected chi connectivity index (χ1v) is 7.99. The molecule has 5 nitrogen and oxygen atoms in total. The Morgan fingerprint density at radius 2 is 2.14 bits per heavy atom. The Labute approximate surface area is 131 Å². The Hall–Kier alpha value is -1.88. The van der Waals surface area contributed by atoms with Crippen molar-refractivity contribution in [1.29, 1.82) is 0 Å². The van der Waals surface area contributed by atoms with Gasteiger partial charge in [-0.15, -0.1) is 0 Å². The molecule has 0 N–H and O–H groups in total. The molecule has 1 aliphatic rings. The van der Waals surface area contributed by atoms with Crippen LogP contribution < -0.4 is 4.74 Å². The van der Waals surface area contributed by atoms with Crippen LogP contribution in [0.1, 0.15) is 49.5 Å². The highest BCUT2D eigenvalue weighted by Gasteiger charge is 2.29. The van der Waals surface area contributed by atoms with Crippen molar-refractivity contribution in [1.82, 2.24) is 15.0 Å². The number of benzene rings is 1. The maximum Gasteiger partial charge on any atom is 0.244 e. The molecule has 0 radical (unpaired) electrons. The van der Waals surface area contributed by atoms with E-state index >= 15 is 0 Å². The fraction of sp³-hybridized carbons (Fsp3) is 0.529. The SMILES string of the molecule is CCCN1CCCC1c1nc(Cc2ccc(OC)cc2)no1. The number of hydrogen-bond acceptors (Lipinski definition) is 5. The van der Waals surface area contributed by atoms with Crippen LogP contribution in [0.4, 0.5) is 0 Å². The van der Waals surface area contributed by atoms with Crippen molar-refractivity contribution in [2.24, 2.45) is 0 Å². The fourth-order valence-electron chi connectivity index (χ4n) is 3.06. The summed E-state index contributed by atoms with van der Waals surface area (Å²) in [4.78, 5) is 7.06. The molecule has 1 aromatic carbocycles. The van der Waals surface area contributed by atoms with Gasteiger partial charge in [-0.2, -0.15) is 4.98 Å². The van der Waals surface area contributed by atoms with Crippen LogP contribution in [0.5, 0.6) is 5.75 Å². The standard InChI is InChI=1S/C17H23N3O2/c1-3-10-20-11-4-5-15(20)17-18-16(19-22-17)12-13-6-8-14(21-2)9-7-13/h6-9,15H,3-5,10-12H2,1-2H3. The maximum atomic E-state index is 5.51. The molecule has 1 aliphatic heterocycles. The number of ether oxygens (including phenoxy) is 1. The lowest BCUT2D eigenvalue weighted by Gasteiger charge is -2.20. The van der Waals surface area contributed by atoms with Gasteiger partial charge in [-0.1, -0.05) is 24.2 Å². The van der Waals surface area contributed by atoms with Crippen LogP contribution in [0, 0.1) is 0 Å². The van der Waals surface area contributed by atoms with Crippen LogP contribution in [-0.2, 0) is 6.42 Å². The summed E-state index contributed by atoms with van der Waals surface area (Å²) in [6, 6.07) is 8.28. The van der Waals surface area contributed by atoms with Crippen LogP contribution in [0.25, 0.3) is 0 Å². The third-order valence-corrected chi connectivity index (χ3v) is 4.16. The number of methoxy groups -OCH3 is 1. The van der Waals surface area contributed by atoms with Crippen molar-refractivity contribution in [3.63, 3.8) is 0 Å². The normalized spacial score (nSPS) is 18.7. The summed E-state index contributed by atoms with van der Waals surface area (Å²) in [5.41, 5.74) is 1.16. The first-order chi connectivity index (χ1) is 10.8. The van der Waals surface area contributed by atoms with E-state index in [9.17, 15) is 0 Å². The van der Waals surface area contributed by atoms with Crippen molar-refractivity contribution in [3.05, 3.63) is 41.5 Å². The van der Waals surface area contributed by atoms with Gasteiger partial charge in [0.15, 0.2) is 5.82 Å². The van der Waals surface area contributed by atoms with Crippen LogP contribution in [-0.4, -0.2) is 35.2 Å². The van der Waals surface area contributed by atoms with Crippen LogP contribution in [0.15, 0.2) is 28.8 Å². The lowest BCUT2D eigenvalue weighted by molar-refractivity contribution is 0.208. The zero-order valence-corrected chi connectivity index (χ0v) is 13.3. The molecule has 2 heterocycles. The monoisotopic (exact) mass is 301 g/mol. The molecule has 0 aliphatic carbocycles. The van der Waals surface area contributed by atoms with E-state index in [1.807, 2.05) is 24.3 Å². The summed E-state index contributed by atoms with van der Waals surface area (Å²) >= 11 is 0. The first-order valence-electron chi connectivity index (χ1n) is 7.99. The molecular formula is C17H23N3O2. The Bertz CT molecular complexity index is 594. The van der Waals surface area contributed by atoms with Gasteiger partial charge in [0.05, 0.1) is 13.2 Å². The van der Waals surface area contributed by atoms with E-state index in [0.29, 0.717) is 12.5 Å². The summed E-state index contributed by atoms with van der Waals surface area (Å²) in [6.45, 7) is 4.44. The molecule has 22 heavy (non-hydrogen) atoms. The highest BCUT2D eigenvalue weighted by atomic mass is 16.5. The molecular weight excluding hydrogens is 278 g/mol. The van der Waals surface area contributed by atoms with Gasteiger partial charge in [0.2, 0.25) is 5.89 Å². The topological polar surface area (TPSA) is 51.4 Å². The van der Waals surface area contributed by atoms with Gasteiger partial charge >= 0.3 is 0 Å². The second-order valence-corrected chi connectivity index (χ2v) is 5.77. The van der Waals surface area contributed by atoms with E-state index in [4.69, 9.17) is 9.26 Å². The summed E-state index contributed by atoms with van der Waals surface area (Å²) < 4.78 is 10.7. The molecule has 1 atom stereocenters. The van der Waals surface area contributed by atoms with E-state index in [2.05, 4.69) is 22.0 Å². The van der Waals surface area contributed by atoms with E-state index in [-0.39, 0.29) is 0 Å². The Kier molecular flexibility index (Phi) is 4.73. The quantitative estimate of drug-likeness (QED) is 0.820. The molecule has 1 aromatic heterocycles. The predicted molar refractivity (Wildman–Crippen MR) is 83.9 cm³/mol. The summed E-state index contributed by atoms with van der Waals surface area (Å²) in [7, 11) is 1.67. The number of hydrogen-bond donors (Lipinski definition) is 0. The van der Waals surface area contributed by atoms with Gasteiger partial charge in [-0.25, -0.2) is 0 Å². The number of aromatic nitrogens is 2. The van der Waals surface area contributed by atoms with Crippen LogP contribution in [0.3, 0.4) is 0 Å². The van der Waals surface area contributed by atoms with Gasteiger partial charge in [0.1, 0.15) is 5.75 Å².